The van der Waals surface area contributed by atoms with Crippen molar-refractivity contribution >= 4 is 34.4 Å². The molecule has 5 rings (SSSR count). The van der Waals surface area contributed by atoms with E-state index in [-0.39, 0.29) is 24.1 Å². The minimum atomic E-state index is -1.05. The van der Waals surface area contributed by atoms with E-state index in [9.17, 15) is 19.5 Å². The number of rotatable bonds is 9. The number of terminal acetylenes is 1. The van der Waals surface area contributed by atoms with Gasteiger partial charge in [-0.15, -0.1) is 6.42 Å². The number of anilines is 1. The van der Waals surface area contributed by atoms with Crippen LogP contribution in [0.4, 0.5) is 10.5 Å². The van der Waals surface area contributed by atoms with Gasteiger partial charge in [-0.1, -0.05) is 60.5 Å². The molecule has 0 bridgehead atoms. The molecule has 2 atom stereocenters. The summed E-state index contributed by atoms with van der Waals surface area (Å²) in [7, 11) is 0. The quantitative estimate of drug-likeness (QED) is 0.194. The number of amides is 3. The van der Waals surface area contributed by atoms with Gasteiger partial charge >= 0.3 is 6.09 Å². The Kier molecular flexibility index (Phi) is 9.10. The number of hydrogen-bond acceptors (Lipinski definition) is 5. The zero-order valence-corrected chi connectivity index (χ0v) is 25.6. The molecule has 3 N–H and O–H groups in total. The summed E-state index contributed by atoms with van der Waals surface area (Å²) >= 11 is 0. The van der Waals surface area contributed by atoms with Gasteiger partial charge in [0.1, 0.15) is 23.4 Å². The van der Waals surface area contributed by atoms with Crippen LogP contribution in [0.15, 0.2) is 91.0 Å². The second kappa shape index (κ2) is 13.1. The largest absolute Gasteiger partial charge is 0.508 e. The van der Waals surface area contributed by atoms with Crippen LogP contribution in [0, 0.1) is 12.3 Å². The fraction of sp³-hybridized carbons (Fsp3) is 0.270. The van der Waals surface area contributed by atoms with E-state index in [0.717, 1.165) is 10.8 Å². The number of benzene rings is 4. The van der Waals surface area contributed by atoms with E-state index >= 15 is 0 Å². The Morgan fingerprint density at radius 3 is 2.24 bits per heavy atom. The third kappa shape index (κ3) is 8.01. The Morgan fingerprint density at radius 2 is 1.62 bits per heavy atom. The van der Waals surface area contributed by atoms with Gasteiger partial charge in [0.2, 0.25) is 5.91 Å². The predicted octanol–water partition coefficient (Wildman–Crippen LogP) is 6.33. The fourth-order valence-corrected chi connectivity index (χ4v) is 5.25. The van der Waals surface area contributed by atoms with Crippen LogP contribution < -0.4 is 10.6 Å². The molecular weight excluding hydrogens is 566 g/mol. The van der Waals surface area contributed by atoms with E-state index in [0.29, 0.717) is 35.2 Å². The molecule has 8 nitrogen and oxygen atoms in total. The highest BCUT2D eigenvalue weighted by Crippen LogP contribution is 2.37. The standard InChI is InChI=1S/C37H37N3O5/c1-5-24-10-14-27(15-11-24)33(34(42)38-29-17-16-26-8-6-7-9-28(26)23-29)40(30-18-19-30)35(43)32(39-36(44)45-37(2,3)4)22-25-12-20-31(41)21-13-25/h1,6-17,20-21,23,30,32-33,41H,18-19,22H2,2-4H3,(H,38,42)(H,39,44). The SMILES string of the molecule is C#Cc1ccc(C(C(=O)Nc2ccc3ccccc3c2)N(C(=O)C(Cc2ccc(O)cc2)NC(=O)OC(C)(C)C)C2CC2)cc1. The lowest BCUT2D eigenvalue weighted by Gasteiger charge is -2.35. The molecule has 0 spiro atoms. The first-order chi connectivity index (χ1) is 21.5. The van der Waals surface area contributed by atoms with Crippen LogP contribution in [-0.4, -0.2) is 45.6 Å². The molecule has 0 aliphatic heterocycles. The van der Waals surface area contributed by atoms with E-state index in [1.807, 2.05) is 42.5 Å². The second-order valence-electron chi connectivity index (χ2n) is 12.3. The lowest BCUT2D eigenvalue weighted by atomic mass is 9.99. The number of phenols is 1. The monoisotopic (exact) mass is 603 g/mol. The molecule has 4 aromatic rings. The maximum absolute atomic E-state index is 14.6. The second-order valence-corrected chi connectivity index (χ2v) is 12.3. The third-order valence-corrected chi connectivity index (χ3v) is 7.50. The third-order valence-electron chi connectivity index (χ3n) is 7.50. The number of hydrogen-bond donors (Lipinski definition) is 3. The highest BCUT2D eigenvalue weighted by molar-refractivity contribution is 6.00. The van der Waals surface area contributed by atoms with Gasteiger partial charge in [-0.2, -0.15) is 0 Å². The topological polar surface area (TPSA) is 108 Å². The lowest BCUT2D eigenvalue weighted by molar-refractivity contribution is -0.141. The number of carbonyl (C=O) groups excluding carboxylic acids is 3. The van der Waals surface area contributed by atoms with Gasteiger partial charge in [-0.25, -0.2) is 4.79 Å². The summed E-state index contributed by atoms with van der Waals surface area (Å²) in [6, 6.07) is 24.7. The minimum Gasteiger partial charge on any atom is -0.508 e. The number of aromatic hydroxyl groups is 1. The number of ether oxygens (including phenoxy) is 1. The summed E-state index contributed by atoms with van der Waals surface area (Å²) in [5.41, 5.74) is 1.77. The highest BCUT2D eigenvalue weighted by Gasteiger charge is 2.44. The van der Waals surface area contributed by atoms with Crippen LogP contribution in [0.2, 0.25) is 0 Å². The Balaban J connectivity index is 1.52. The molecule has 4 aromatic carbocycles. The van der Waals surface area contributed by atoms with Crippen molar-refractivity contribution in [3.8, 4) is 18.1 Å². The van der Waals surface area contributed by atoms with Gasteiger partial charge in [-0.05, 0) is 91.9 Å². The Morgan fingerprint density at radius 1 is 0.956 bits per heavy atom. The Labute approximate surface area is 263 Å². The van der Waals surface area contributed by atoms with Gasteiger partial charge in [0, 0.05) is 23.7 Å². The van der Waals surface area contributed by atoms with Crippen molar-refractivity contribution in [1.29, 1.82) is 0 Å². The molecule has 8 heteroatoms. The summed E-state index contributed by atoms with van der Waals surface area (Å²) in [4.78, 5) is 43.3. The first-order valence-corrected chi connectivity index (χ1v) is 15.0. The van der Waals surface area contributed by atoms with Crippen LogP contribution in [0.25, 0.3) is 10.8 Å². The number of fused-ring (bicyclic) bond motifs is 1. The van der Waals surface area contributed by atoms with Gasteiger partial charge in [-0.3, -0.25) is 9.59 Å². The molecule has 1 saturated carbocycles. The molecule has 0 heterocycles. The number of alkyl carbamates (subject to hydrolysis) is 1. The lowest BCUT2D eigenvalue weighted by Crippen LogP contribution is -2.54. The van der Waals surface area contributed by atoms with Gasteiger partial charge in [0.05, 0.1) is 0 Å². The van der Waals surface area contributed by atoms with Crippen molar-refractivity contribution in [2.45, 2.75) is 63.8 Å². The van der Waals surface area contributed by atoms with Crippen LogP contribution in [0.5, 0.6) is 5.75 Å². The summed E-state index contributed by atoms with van der Waals surface area (Å²) in [5.74, 6) is 1.87. The number of phenolic OH excluding ortho intramolecular Hbond substituents is 1. The van der Waals surface area contributed by atoms with Crippen LogP contribution >= 0.6 is 0 Å². The highest BCUT2D eigenvalue weighted by atomic mass is 16.6. The smallest absolute Gasteiger partial charge is 0.408 e. The summed E-state index contributed by atoms with van der Waals surface area (Å²) in [6.45, 7) is 5.23. The zero-order valence-electron chi connectivity index (χ0n) is 25.6. The van der Waals surface area contributed by atoms with Crippen molar-refractivity contribution in [3.05, 3.63) is 108 Å². The van der Waals surface area contributed by atoms with E-state index < -0.39 is 29.7 Å². The molecule has 0 saturated heterocycles. The fourth-order valence-electron chi connectivity index (χ4n) is 5.25. The maximum Gasteiger partial charge on any atom is 0.408 e. The molecule has 1 aliphatic rings. The van der Waals surface area contributed by atoms with E-state index in [4.69, 9.17) is 11.2 Å². The average molecular weight is 604 g/mol. The summed E-state index contributed by atoms with van der Waals surface area (Å²) in [6.07, 6.45) is 6.41. The normalized spacial score (nSPS) is 14.1. The van der Waals surface area contributed by atoms with Crippen molar-refractivity contribution in [2.24, 2.45) is 0 Å². The van der Waals surface area contributed by atoms with E-state index in [1.165, 1.54) is 12.1 Å². The molecule has 0 aromatic heterocycles. The minimum absolute atomic E-state index is 0.0853. The number of nitrogens with zero attached hydrogens (tertiary/aromatic N) is 1. The number of carbonyl (C=O) groups is 3. The molecule has 2 unspecified atom stereocenters. The summed E-state index contributed by atoms with van der Waals surface area (Å²) in [5, 5.41) is 17.6. The van der Waals surface area contributed by atoms with Crippen molar-refractivity contribution in [2.75, 3.05) is 5.32 Å². The van der Waals surface area contributed by atoms with Crippen molar-refractivity contribution in [1.82, 2.24) is 10.2 Å². The van der Waals surface area contributed by atoms with Gasteiger partial charge in [0.25, 0.3) is 5.91 Å². The molecule has 1 aliphatic carbocycles. The average Bonchev–Trinajstić information content (AvgIpc) is 3.84. The molecule has 3 amide bonds. The van der Waals surface area contributed by atoms with Crippen LogP contribution in [-0.2, 0) is 20.7 Å². The zero-order chi connectivity index (χ0) is 32.1. The van der Waals surface area contributed by atoms with Gasteiger partial charge in [0.15, 0.2) is 0 Å². The molecule has 1 fully saturated rings. The predicted molar refractivity (Wildman–Crippen MR) is 175 cm³/mol. The first-order valence-electron chi connectivity index (χ1n) is 15.0. The van der Waals surface area contributed by atoms with Crippen molar-refractivity contribution in [3.63, 3.8) is 0 Å². The molecule has 0 radical (unpaired) electrons. The molecule has 230 valence electrons. The van der Waals surface area contributed by atoms with Crippen LogP contribution in [0.1, 0.15) is 56.3 Å². The van der Waals surface area contributed by atoms with Crippen molar-refractivity contribution < 1.29 is 24.2 Å². The van der Waals surface area contributed by atoms with Gasteiger partial charge < -0.3 is 25.4 Å². The Bertz CT molecular complexity index is 1730. The molecule has 45 heavy (non-hydrogen) atoms. The van der Waals surface area contributed by atoms with E-state index in [1.54, 1.807) is 62.1 Å². The van der Waals surface area contributed by atoms with E-state index in [2.05, 4.69) is 16.6 Å². The summed E-state index contributed by atoms with van der Waals surface area (Å²) < 4.78 is 5.50. The first kappa shape index (κ1) is 31.1. The number of nitrogens with one attached hydrogen (secondary N) is 2. The molecular formula is C37H37N3O5. The Hall–Kier alpha value is -5.29. The van der Waals surface area contributed by atoms with Crippen LogP contribution in [0.3, 0.4) is 0 Å². The maximum atomic E-state index is 14.6.